The molecule has 0 atom stereocenters. The van der Waals surface area contributed by atoms with Crippen LogP contribution in [0.15, 0.2) is 53.7 Å². The van der Waals surface area contributed by atoms with Crippen LogP contribution in [0.2, 0.25) is 0 Å². The number of fused-ring (bicyclic) bond motifs is 1. The van der Waals surface area contributed by atoms with Gasteiger partial charge in [0.2, 0.25) is 0 Å². The Bertz CT molecular complexity index is 1170. The van der Waals surface area contributed by atoms with E-state index in [1.807, 2.05) is 18.2 Å². The number of halogens is 1. The predicted octanol–water partition coefficient (Wildman–Crippen LogP) is 3.17. The van der Waals surface area contributed by atoms with E-state index in [1.54, 1.807) is 30.7 Å². The summed E-state index contributed by atoms with van der Waals surface area (Å²) in [5.74, 6) is 0.985. The van der Waals surface area contributed by atoms with Crippen LogP contribution in [-0.2, 0) is 41.6 Å². The number of sulfonamides is 1. The van der Waals surface area contributed by atoms with Gasteiger partial charge in [0, 0.05) is 31.9 Å². The number of nitrogens with zero attached hydrogens (tertiary/aromatic N) is 3. The summed E-state index contributed by atoms with van der Waals surface area (Å²) in [5.41, 5.74) is 2.40. The molecule has 0 aliphatic carbocycles. The zero-order valence-corrected chi connectivity index (χ0v) is 18.2. The van der Waals surface area contributed by atoms with Gasteiger partial charge in [0.05, 0.1) is 13.2 Å². The Balaban J connectivity index is 1.48. The van der Waals surface area contributed by atoms with Crippen molar-refractivity contribution in [2.45, 2.75) is 31.7 Å². The van der Waals surface area contributed by atoms with E-state index in [0.717, 1.165) is 16.7 Å². The largest absolute Gasteiger partial charge is 0.492 e. The summed E-state index contributed by atoms with van der Waals surface area (Å²) in [7, 11) is -1.98. The van der Waals surface area contributed by atoms with Crippen molar-refractivity contribution in [2.75, 3.05) is 13.2 Å². The number of ether oxygens (including phenoxy) is 2. The second-order valence-corrected chi connectivity index (χ2v) is 9.37. The van der Waals surface area contributed by atoms with Gasteiger partial charge in [-0.25, -0.2) is 17.8 Å². The lowest BCUT2D eigenvalue weighted by atomic mass is 10.1. The molecule has 0 radical (unpaired) electrons. The van der Waals surface area contributed by atoms with Crippen molar-refractivity contribution in [2.24, 2.45) is 7.05 Å². The molecule has 2 heterocycles. The Morgan fingerprint density at radius 1 is 1.16 bits per heavy atom. The summed E-state index contributed by atoms with van der Waals surface area (Å²) in [6.45, 7) is 3.04. The standard InChI is InChI=1S/C22H24FN3O4S/c1-16-24-22(13-25(16)2)31(27,28)26-8-9-30-21-7-6-18(10-19(21)12-26)15-29-14-17-4-3-5-20(23)11-17/h3-7,10-11,13H,8-9,12,14-15H2,1-2H3. The molecular formula is C22H24FN3O4S. The Hall–Kier alpha value is -2.75. The van der Waals surface area contributed by atoms with Crippen molar-refractivity contribution >= 4 is 10.0 Å². The molecule has 0 saturated heterocycles. The molecule has 0 spiro atoms. The molecule has 2 aromatic carbocycles. The minimum atomic E-state index is -3.75. The molecule has 1 aliphatic heterocycles. The Morgan fingerprint density at radius 2 is 1.94 bits per heavy atom. The first-order valence-electron chi connectivity index (χ1n) is 9.90. The van der Waals surface area contributed by atoms with Crippen LogP contribution in [0.5, 0.6) is 5.75 Å². The summed E-state index contributed by atoms with van der Waals surface area (Å²) in [6.07, 6.45) is 1.52. The van der Waals surface area contributed by atoms with Crippen molar-refractivity contribution in [1.82, 2.24) is 13.9 Å². The lowest BCUT2D eigenvalue weighted by Crippen LogP contribution is -2.32. The van der Waals surface area contributed by atoms with E-state index in [4.69, 9.17) is 9.47 Å². The zero-order valence-electron chi connectivity index (χ0n) is 17.4. The number of rotatable bonds is 6. The monoisotopic (exact) mass is 445 g/mol. The van der Waals surface area contributed by atoms with Gasteiger partial charge in [0.15, 0.2) is 5.03 Å². The summed E-state index contributed by atoms with van der Waals surface area (Å²) in [5, 5.41) is 0.0329. The Labute approximate surface area is 181 Å². The number of benzene rings is 2. The summed E-state index contributed by atoms with van der Waals surface area (Å²) < 4.78 is 54.0. The van der Waals surface area contributed by atoms with E-state index >= 15 is 0 Å². The van der Waals surface area contributed by atoms with Crippen LogP contribution in [0.25, 0.3) is 0 Å². The molecule has 0 saturated carbocycles. The first-order chi connectivity index (χ1) is 14.8. The van der Waals surface area contributed by atoms with Gasteiger partial charge in [0.25, 0.3) is 10.0 Å². The van der Waals surface area contributed by atoms with E-state index in [2.05, 4.69) is 4.98 Å². The quantitative estimate of drug-likeness (QED) is 0.583. The molecule has 164 valence electrons. The highest BCUT2D eigenvalue weighted by molar-refractivity contribution is 7.89. The second-order valence-electron chi connectivity index (χ2n) is 7.49. The molecular weight excluding hydrogens is 421 g/mol. The molecule has 7 nitrogen and oxygen atoms in total. The lowest BCUT2D eigenvalue weighted by Gasteiger charge is -2.18. The van der Waals surface area contributed by atoms with Crippen molar-refractivity contribution in [1.29, 1.82) is 0 Å². The molecule has 0 bridgehead atoms. The zero-order chi connectivity index (χ0) is 22.0. The maximum atomic E-state index is 13.3. The predicted molar refractivity (Wildman–Crippen MR) is 112 cm³/mol. The number of hydrogen-bond donors (Lipinski definition) is 0. The molecule has 0 amide bonds. The van der Waals surface area contributed by atoms with Gasteiger partial charge in [-0.05, 0) is 42.3 Å². The van der Waals surface area contributed by atoms with E-state index in [9.17, 15) is 12.8 Å². The SMILES string of the molecule is Cc1nc(S(=O)(=O)N2CCOc3ccc(COCc4cccc(F)c4)cc3C2)cn1C. The smallest absolute Gasteiger partial charge is 0.262 e. The minimum Gasteiger partial charge on any atom is -0.492 e. The molecule has 1 aliphatic rings. The average molecular weight is 446 g/mol. The van der Waals surface area contributed by atoms with Crippen molar-refractivity contribution < 1.29 is 22.3 Å². The van der Waals surface area contributed by atoms with Crippen molar-refractivity contribution in [3.63, 3.8) is 0 Å². The first kappa shape index (κ1) is 21.5. The molecule has 9 heteroatoms. The van der Waals surface area contributed by atoms with E-state index < -0.39 is 10.0 Å². The van der Waals surface area contributed by atoms with Crippen LogP contribution in [-0.4, -0.2) is 35.4 Å². The van der Waals surface area contributed by atoms with Crippen LogP contribution in [0.4, 0.5) is 4.39 Å². The fraction of sp³-hybridized carbons (Fsp3) is 0.318. The third-order valence-corrected chi connectivity index (χ3v) is 6.90. The average Bonchev–Trinajstić information content (AvgIpc) is 2.95. The van der Waals surface area contributed by atoms with Crippen LogP contribution in [0.3, 0.4) is 0 Å². The van der Waals surface area contributed by atoms with Gasteiger partial charge >= 0.3 is 0 Å². The molecule has 4 rings (SSSR count). The number of aromatic nitrogens is 2. The van der Waals surface area contributed by atoms with E-state index in [0.29, 0.717) is 18.2 Å². The van der Waals surface area contributed by atoms with Crippen LogP contribution in [0, 0.1) is 12.7 Å². The van der Waals surface area contributed by atoms with Crippen molar-refractivity contribution in [3.8, 4) is 5.75 Å². The van der Waals surface area contributed by atoms with Crippen molar-refractivity contribution in [3.05, 3.63) is 77.0 Å². The molecule has 0 unspecified atom stereocenters. The molecule has 31 heavy (non-hydrogen) atoms. The van der Waals surface area contributed by atoms with Gasteiger partial charge < -0.3 is 14.0 Å². The third kappa shape index (κ3) is 4.79. The van der Waals surface area contributed by atoms with E-state index in [1.165, 1.54) is 22.6 Å². The first-order valence-corrected chi connectivity index (χ1v) is 11.3. The van der Waals surface area contributed by atoms with E-state index in [-0.39, 0.29) is 37.1 Å². The van der Waals surface area contributed by atoms with Crippen LogP contribution >= 0.6 is 0 Å². The second kappa shape index (κ2) is 8.78. The molecule has 1 aromatic heterocycles. The van der Waals surface area contributed by atoms with Crippen LogP contribution < -0.4 is 4.74 Å². The minimum absolute atomic E-state index is 0.0329. The Kier molecular flexibility index (Phi) is 6.08. The molecule has 3 aromatic rings. The maximum absolute atomic E-state index is 13.3. The molecule has 0 fully saturated rings. The highest BCUT2D eigenvalue weighted by Gasteiger charge is 2.30. The summed E-state index contributed by atoms with van der Waals surface area (Å²) in [6, 6.07) is 11.9. The highest BCUT2D eigenvalue weighted by Crippen LogP contribution is 2.28. The summed E-state index contributed by atoms with van der Waals surface area (Å²) in [4.78, 5) is 4.18. The summed E-state index contributed by atoms with van der Waals surface area (Å²) >= 11 is 0. The van der Waals surface area contributed by atoms with Gasteiger partial charge in [-0.15, -0.1) is 0 Å². The third-order valence-electron chi connectivity index (χ3n) is 5.19. The maximum Gasteiger partial charge on any atom is 0.262 e. The number of aryl methyl sites for hydroxylation is 2. The van der Waals surface area contributed by atoms with Gasteiger partial charge in [-0.1, -0.05) is 18.2 Å². The number of imidazole rings is 1. The van der Waals surface area contributed by atoms with Gasteiger partial charge in [-0.2, -0.15) is 4.31 Å². The van der Waals surface area contributed by atoms with Gasteiger partial charge in [-0.3, -0.25) is 0 Å². The number of hydrogen-bond acceptors (Lipinski definition) is 5. The highest BCUT2D eigenvalue weighted by atomic mass is 32.2. The topological polar surface area (TPSA) is 73.7 Å². The normalized spacial score (nSPS) is 14.7. The van der Waals surface area contributed by atoms with Gasteiger partial charge in [0.1, 0.15) is 24.0 Å². The molecule has 0 N–H and O–H groups in total. The fourth-order valence-corrected chi connectivity index (χ4v) is 4.84. The Morgan fingerprint density at radius 3 is 2.65 bits per heavy atom. The fourth-order valence-electron chi connectivity index (χ4n) is 3.41. The van der Waals surface area contributed by atoms with Crippen LogP contribution in [0.1, 0.15) is 22.5 Å². The lowest BCUT2D eigenvalue weighted by molar-refractivity contribution is 0.107.